The Bertz CT molecular complexity index is 1400. The lowest BCUT2D eigenvalue weighted by Gasteiger charge is -2.33. The summed E-state index contributed by atoms with van der Waals surface area (Å²) < 4.78 is 42.9. The highest BCUT2D eigenvalue weighted by Crippen LogP contribution is 2.45. The molecule has 0 fully saturated rings. The van der Waals surface area contributed by atoms with Gasteiger partial charge in [0.2, 0.25) is 0 Å². The molecule has 0 spiro atoms. The van der Waals surface area contributed by atoms with Crippen LogP contribution in [-0.4, -0.2) is 27.8 Å². The van der Waals surface area contributed by atoms with Crippen LogP contribution in [-0.2, 0) is 12.8 Å². The van der Waals surface area contributed by atoms with Gasteiger partial charge < -0.3 is 16.4 Å². The highest BCUT2D eigenvalue weighted by molar-refractivity contribution is 7.17. The van der Waals surface area contributed by atoms with Crippen LogP contribution in [0, 0.1) is 5.92 Å². The molecule has 1 aliphatic heterocycles. The topological polar surface area (TPSA) is 102 Å². The van der Waals surface area contributed by atoms with Crippen molar-refractivity contribution in [3.05, 3.63) is 61.6 Å². The average molecular weight is 572 g/mol. The molecule has 13 heteroatoms. The van der Waals surface area contributed by atoms with Crippen LogP contribution in [0.1, 0.15) is 68.7 Å². The maximum atomic E-state index is 14.0. The van der Waals surface area contributed by atoms with Crippen LogP contribution in [0.2, 0.25) is 10.0 Å². The van der Waals surface area contributed by atoms with E-state index < -0.39 is 30.1 Å². The third-order valence-electron chi connectivity index (χ3n) is 6.75. The first kappa shape index (κ1) is 25.9. The van der Waals surface area contributed by atoms with E-state index in [0.29, 0.717) is 17.9 Å². The van der Waals surface area contributed by atoms with Crippen molar-refractivity contribution >= 4 is 57.2 Å². The molecule has 2 aromatic heterocycles. The van der Waals surface area contributed by atoms with Crippen molar-refractivity contribution < 1.29 is 22.8 Å². The minimum Gasteiger partial charge on any atom is -0.365 e. The Balaban J connectivity index is 1.46. The number of hydrogen-bond donors (Lipinski definition) is 3. The second-order valence-electron chi connectivity index (χ2n) is 9.40. The van der Waals surface area contributed by atoms with Gasteiger partial charge in [0.1, 0.15) is 10.8 Å². The number of hydrogen-bond acceptors (Lipinski definition) is 5. The van der Waals surface area contributed by atoms with Crippen LogP contribution < -0.4 is 16.4 Å². The second kappa shape index (κ2) is 9.52. The Morgan fingerprint density at radius 2 is 2.00 bits per heavy atom. The lowest BCUT2D eigenvalue weighted by molar-refractivity contribution is -0.173. The molecule has 5 rings (SSSR count). The number of amides is 2. The van der Waals surface area contributed by atoms with Crippen LogP contribution in [0.3, 0.4) is 0 Å². The molecular weight excluding hydrogens is 550 g/mol. The van der Waals surface area contributed by atoms with Crippen molar-refractivity contribution in [2.75, 3.05) is 10.6 Å². The van der Waals surface area contributed by atoms with Gasteiger partial charge in [0.15, 0.2) is 11.7 Å². The van der Waals surface area contributed by atoms with E-state index in [0.717, 1.165) is 28.0 Å². The summed E-state index contributed by atoms with van der Waals surface area (Å²) in [5.41, 5.74) is 7.00. The normalized spacial score (nSPS) is 21.1. The highest BCUT2D eigenvalue weighted by atomic mass is 35.5. The number of fused-ring (bicyclic) bond motifs is 2. The van der Waals surface area contributed by atoms with Crippen molar-refractivity contribution in [3.63, 3.8) is 0 Å². The Morgan fingerprint density at radius 3 is 2.68 bits per heavy atom. The van der Waals surface area contributed by atoms with Gasteiger partial charge in [-0.05, 0) is 48.4 Å². The number of thiophene rings is 1. The summed E-state index contributed by atoms with van der Waals surface area (Å²) in [7, 11) is 0. The van der Waals surface area contributed by atoms with E-state index in [4.69, 9.17) is 28.9 Å². The van der Waals surface area contributed by atoms with Gasteiger partial charge in [-0.2, -0.15) is 18.3 Å². The minimum atomic E-state index is -4.62. The van der Waals surface area contributed by atoms with Gasteiger partial charge >= 0.3 is 6.18 Å². The molecule has 0 saturated carbocycles. The molecule has 3 heterocycles. The van der Waals surface area contributed by atoms with Crippen LogP contribution in [0.25, 0.3) is 0 Å². The second-order valence-corrected chi connectivity index (χ2v) is 11.3. The fraction of sp³-hybridized carbons (Fsp3) is 0.375. The smallest absolute Gasteiger partial charge is 0.365 e. The third-order valence-corrected chi connectivity index (χ3v) is 8.66. The number of nitrogens with one attached hydrogen (secondary N) is 2. The van der Waals surface area contributed by atoms with E-state index in [1.807, 2.05) is 0 Å². The fourth-order valence-corrected chi connectivity index (χ4v) is 6.62. The molecule has 3 aromatic rings. The van der Waals surface area contributed by atoms with Gasteiger partial charge in [-0.15, -0.1) is 11.3 Å². The molecule has 0 unspecified atom stereocenters. The van der Waals surface area contributed by atoms with Gasteiger partial charge in [0.05, 0.1) is 21.7 Å². The van der Waals surface area contributed by atoms with Crippen LogP contribution in [0.15, 0.2) is 24.3 Å². The molecule has 196 valence electrons. The van der Waals surface area contributed by atoms with Crippen molar-refractivity contribution in [3.8, 4) is 0 Å². The Kier molecular flexibility index (Phi) is 6.66. The maximum Gasteiger partial charge on any atom is 0.410 e. The first-order chi connectivity index (χ1) is 17.4. The lowest BCUT2D eigenvalue weighted by Crippen LogP contribution is -2.35. The van der Waals surface area contributed by atoms with Gasteiger partial charge in [0, 0.05) is 17.4 Å². The van der Waals surface area contributed by atoms with E-state index in [1.165, 1.54) is 29.5 Å². The Labute approximate surface area is 224 Å². The standard InChI is InChI=1S/C24H22Cl2F3N5O2S/c1-10-2-4-12-17(6-10)37-23(20(12)21(30)35)32-22(36)16-9-19-31-15(11-3-5-13(25)14(26)7-11)8-18(24(27,28)29)34(19)33-16/h3,5,7,9-10,15,18,31H,2,4,6,8H2,1H3,(H2,30,35)(H,32,36)/t10-,15-,18+/m1/s1. The number of halogens is 5. The van der Waals surface area contributed by atoms with Gasteiger partial charge in [-0.25, -0.2) is 4.68 Å². The molecule has 1 aromatic carbocycles. The van der Waals surface area contributed by atoms with Gasteiger partial charge in [0.25, 0.3) is 11.8 Å². The number of nitrogens with two attached hydrogens (primary N) is 1. The van der Waals surface area contributed by atoms with E-state index in [-0.39, 0.29) is 38.5 Å². The number of primary amides is 1. The van der Waals surface area contributed by atoms with Crippen molar-refractivity contribution in [1.29, 1.82) is 0 Å². The lowest BCUT2D eigenvalue weighted by atomic mass is 9.88. The summed E-state index contributed by atoms with van der Waals surface area (Å²) in [6, 6.07) is 3.18. The molecule has 1 aliphatic carbocycles. The highest BCUT2D eigenvalue weighted by Gasteiger charge is 2.47. The summed E-state index contributed by atoms with van der Waals surface area (Å²) >= 11 is 13.3. The molecule has 37 heavy (non-hydrogen) atoms. The van der Waals surface area contributed by atoms with E-state index in [9.17, 15) is 22.8 Å². The molecule has 7 nitrogen and oxygen atoms in total. The van der Waals surface area contributed by atoms with Gasteiger partial charge in [-0.3, -0.25) is 9.59 Å². The van der Waals surface area contributed by atoms with E-state index in [2.05, 4.69) is 22.7 Å². The fourth-order valence-electron chi connectivity index (χ4n) is 4.90. The maximum absolute atomic E-state index is 14.0. The number of rotatable bonds is 4. The number of carbonyl (C=O) groups is 2. The number of alkyl halides is 3. The summed E-state index contributed by atoms with van der Waals surface area (Å²) in [6.07, 6.45) is -2.64. The van der Waals surface area contributed by atoms with E-state index in [1.54, 1.807) is 6.07 Å². The first-order valence-electron chi connectivity index (χ1n) is 11.6. The number of benzene rings is 1. The van der Waals surface area contributed by atoms with Crippen molar-refractivity contribution in [1.82, 2.24) is 9.78 Å². The zero-order valence-electron chi connectivity index (χ0n) is 19.5. The number of nitrogens with zero attached hydrogens (tertiary/aromatic N) is 2. The quantitative estimate of drug-likeness (QED) is 0.337. The molecule has 2 aliphatic rings. The zero-order chi connectivity index (χ0) is 26.6. The molecule has 3 atom stereocenters. The van der Waals surface area contributed by atoms with Crippen molar-refractivity contribution in [2.45, 2.75) is 50.9 Å². The molecule has 0 saturated heterocycles. The third kappa shape index (κ3) is 4.92. The molecule has 2 amide bonds. The Morgan fingerprint density at radius 1 is 1.24 bits per heavy atom. The predicted octanol–water partition coefficient (Wildman–Crippen LogP) is 6.39. The van der Waals surface area contributed by atoms with Gasteiger partial charge in [-0.1, -0.05) is 36.2 Å². The summed E-state index contributed by atoms with van der Waals surface area (Å²) in [5.74, 6) is -0.923. The SMILES string of the molecule is C[C@@H]1CCc2c(sc(NC(=O)c3cc4n(n3)[C@H](C(F)(F)F)C[C@H](c3ccc(Cl)c(Cl)c3)N4)c2C(N)=O)C1. The zero-order valence-corrected chi connectivity index (χ0v) is 21.8. The number of aromatic nitrogens is 2. The van der Waals surface area contributed by atoms with Crippen LogP contribution in [0.4, 0.5) is 24.0 Å². The van der Waals surface area contributed by atoms with Crippen LogP contribution >= 0.6 is 34.5 Å². The number of carbonyl (C=O) groups excluding carboxylic acids is 2. The number of anilines is 2. The van der Waals surface area contributed by atoms with Crippen LogP contribution in [0.5, 0.6) is 0 Å². The van der Waals surface area contributed by atoms with Crippen molar-refractivity contribution in [2.24, 2.45) is 11.7 Å². The summed E-state index contributed by atoms with van der Waals surface area (Å²) in [5, 5.41) is 10.5. The largest absolute Gasteiger partial charge is 0.410 e. The average Bonchev–Trinajstić information content (AvgIpc) is 3.40. The molecule has 0 radical (unpaired) electrons. The molecular formula is C24H22Cl2F3N5O2S. The Hall–Kier alpha value is -2.76. The first-order valence-corrected chi connectivity index (χ1v) is 13.1. The minimum absolute atomic E-state index is 0.0317. The summed E-state index contributed by atoms with van der Waals surface area (Å²) in [6.45, 7) is 2.11. The monoisotopic (exact) mass is 571 g/mol. The molecule has 0 bridgehead atoms. The summed E-state index contributed by atoms with van der Waals surface area (Å²) in [4.78, 5) is 26.3. The van der Waals surface area contributed by atoms with E-state index >= 15 is 0 Å². The molecule has 4 N–H and O–H groups in total. The predicted molar refractivity (Wildman–Crippen MR) is 137 cm³/mol.